The van der Waals surface area contributed by atoms with Gasteiger partial charge < -0.3 is 14.8 Å². The Morgan fingerprint density at radius 3 is 2.30 bits per heavy atom. The molecule has 3 aromatic carbocycles. The second kappa shape index (κ2) is 8.87. The molecule has 1 amide bonds. The number of carbonyl (C=O) groups excluding carboxylic acids is 1. The zero-order valence-electron chi connectivity index (χ0n) is 16.8. The lowest BCUT2D eigenvalue weighted by atomic mass is 10.1. The van der Waals surface area contributed by atoms with Crippen LogP contribution in [0, 0.1) is 6.92 Å². The summed E-state index contributed by atoms with van der Waals surface area (Å²) in [5.74, 6) is 0.538. The summed E-state index contributed by atoms with van der Waals surface area (Å²) in [5, 5.41) is 2.77. The summed E-state index contributed by atoms with van der Waals surface area (Å²) in [6.45, 7) is 1.78. The van der Waals surface area contributed by atoms with E-state index in [-0.39, 0.29) is 4.90 Å². The molecule has 0 atom stereocenters. The number of aryl methyl sites for hydroxylation is 1. The maximum absolute atomic E-state index is 12.7. The first-order chi connectivity index (χ1) is 14.3. The fourth-order valence-corrected chi connectivity index (χ4v) is 3.94. The van der Waals surface area contributed by atoms with E-state index in [1.807, 2.05) is 0 Å². The highest BCUT2D eigenvalue weighted by molar-refractivity contribution is 7.92. The maximum atomic E-state index is 12.7. The average molecular weight is 426 g/mol. The van der Waals surface area contributed by atoms with Crippen molar-refractivity contribution in [1.29, 1.82) is 0 Å². The molecule has 0 fully saturated rings. The molecule has 3 rings (SSSR count). The molecule has 8 heteroatoms. The SMILES string of the molecule is COc1ccc(C(=O)Nc2ccc(C)c(NS(=O)(=O)c3ccccc3)c2)c(OC)c1. The topological polar surface area (TPSA) is 93.7 Å². The first-order valence-electron chi connectivity index (χ1n) is 9.06. The lowest BCUT2D eigenvalue weighted by Gasteiger charge is -2.14. The van der Waals surface area contributed by atoms with Gasteiger partial charge in [0.25, 0.3) is 15.9 Å². The van der Waals surface area contributed by atoms with Gasteiger partial charge in [0.2, 0.25) is 0 Å². The van der Waals surface area contributed by atoms with E-state index in [9.17, 15) is 13.2 Å². The van der Waals surface area contributed by atoms with Crippen LogP contribution in [0.2, 0.25) is 0 Å². The van der Waals surface area contributed by atoms with Gasteiger partial charge >= 0.3 is 0 Å². The molecule has 30 heavy (non-hydrogen) atoms. The van der Waals surface area contributed by atoms with Crippen molar-refractivity contribution in [1.82, 2.24) is 0 Å². The highest BCUT2D eigenvalue weighted by atomic mass is 32.2. The number of carbonyl (C=O) groups is 1. The summed E-state index contributed by atoms with van der Waals surface area (Å²) in [6, 6.07) is 17.9. The molecule has 0 saturated heterocycles. The molecule has 7 nitrogen and oxygen atoms in total. The van der Waals surface area contributed by atoms with Gasteiger partial charge in [0.1, 0.15) is 11.5 Å². The summed E-state index contributed by atoms with van der Waals surface area (Å²) in [6.07, 6.45) is 0. The molecule has 3 aromatic rings. The smallest absolute Gasteiger partial charge is 0.261 e. The number of methoxy groups -OCH3 is 2. The van der Waals surface area contributed by atoms with Gasteiger partial charge in [-0.2, -0.15) is 0 Å². The Labute approximate surface area is 175 Å². The summed E-state index contributed by atoms with van der Waals surface area (Å²) in [4.78, 5) is 12.9. The average Bonchev–Trinajstić information content (AvgIpc) is 2.76. The van der Waals surface area contributed by atoms with Crippen molar-refractivity contribution in [2.24, 2.45) is 0 Å². The molecular weight excluding hydrogens is 404 g/mol. The van der Waals surface area contributed by atoms with Gasteiger partial charge in [-0.15, -0.1) is 0 Å². The van der Waals surface area contributed by atoms with E-state index in [0.29, 0.717) is 28.4 Å². The fraction of sp³-hybridized carbons (Fsp3) is 0.136. The van der Waals surface area contributed by atoms with Gasteiger partial charge in [-0.05, 0) is 48.9 Å². The molecule has 0 bridgehead atoms. The number of benzene rings is 3. The Kier molecular flexibility index (Phi) is 6.27. The largest absolute Gasteiger partial charge is 0.497 e. The maximum Gasteiger partial charge on any atom is 0.261 e. The van der Waals surface area contributed by atoms with Crippen LogP contribution in [0.1, 0.15) is 15.9 Å². The van der Waals surface area contributed by atoms with Gasteiger partial charge in [-0.3, -0.25) is 9.52 Å². The number of ether oxygens (including phenoxy) is 2. The molecule has 0 aliphatic rings. The van der Waals surface area contributed by atoms with E-state index in [0.717, 1.165) is 5.56 Å². The molecule has 2 N–H and O–H groups in total. The first-order valence-corrected chi connectivity index (χ1v) is 10.5. The van der Waals surface area contributed by atoms with E-state index in [4.69, 9.17) is 9.47 Å². The van der Waals surface area contributed by atoms with E-state index < -0.39 is 15.9 Å². The van der Waals surface area contributed by atoms with Gasteiger partial charge in [0.15, 0.2) is 0 Å². The molecular formula is C22H22N2O5S. The van der Waals surface area contributed by atoms with Crippen LogP contribution in [0.5, 0.6) is 11.5 Å². The van der Waals surface area contributed by atoms with Gasteiger partial charge in [-0.1, -0.05) is 24.3 Å². The van der Waals surface area contributed by atoms with Crippen LogP contribution in [-0.4, -0.2) is 28.5 Å². The van der Waals surface area contributed by atoms with Crippen molar-refractivity contribution in [3.05, 3.63) is 77.9 Å². The minimum atomic E-state index is -3.75. The normalized spacial score (nSPS) is 10.9. The lowest BCUT2D eigenvalue weighted by Crippen LogP contribution is -2.15. The van der Waals surface area contributed by atoms with Gasteiger partial charge in [-0.25, -0.2) is 8.42 Å². The van der Waals surface area contributed by atoms with E-state index in [1.165, 1.54) is 26.4 Å². The van der Waals surface area contributed by atoms with Gasteiger partial charge in [0.05, 0.1) is 30.4 Å². The van der Waals surface area contributed by atoms with Crippen LogP contribution in [-0.2, 0) is 10.0 Å². The third-order valence-corrected chi connectivity index (χ3v) is 5.83. The Bertz CT molecular complexity index is 1160. The second-order valence-corrected chi connectivity index (χ2v) is 8.15. The second-order valence-electron chi connectivity index (χ2n) is 6.47. The van der Waals surface area contributed by atoms with Crippen molar-refractivity contribution < 1.29 is 22.7 Å². The van der Waals surface area contributed by atoms with Crippen LogP contribution in [0.25, 0.3) is 0 Å². The van der Waals surface area contributed by atoms with E-state index in [1.54, 1.807) is 61.5 Å². The van der Waals surface area contributed by atoms with E-state index in [2.05, 4.69) is 10.0 Å². The van der Waals surface area contributed by atoms with Crippen molar-refractivity contribution in [2.75, 3.05) is 24.3 Å². The number of amides is 1. The Morgan fingerprint density at radius 2 is 1.63 bits per heavy atom. The first kappa shape index (κ1) is 21.2. The molecule has 0 aliphatic carbocycles. The molecule has 0 unspecified atom stereocenters. The highest BCUT2D eigenvalue weighted by Gasteiger charge is 2.17. The molecule has 0 spiro atoms. The summed E-state index contributed by atoms with van der Waals surface area (Å²) < 4.78 is 38.2. The molecule has 0 aromatic heterocycles. The van der Waals surface area contributed by atoms with Crippen LogP contribution in [0.4, 0.5) is 11.4 Å². The highest BCUT2D eigenvalue weighted by Crippen LogP contribution is 2.27. The van der Waals surface area contributed by atoms with Crippen LogP contribution in [0.3, 0.4) is 0 Å². The number of rotatable bonds is 7. The number of hydrogen-bond donors (Lipinski definition) is 2. The Morgan fingerprint density at radius 1 is 0.900 bits per heavy atom. The van der Waals surface area contributed by atoms with Gasteiger partial charge in [0, 0.05) is 11.8 Å². The third kappa shape index (κ3) is 4.72. The van der Waals surface area contributed by atoms with Crippen molar-refractivity contribution in [2.45, 2.75) is 11.8 Å². The lowest BCUT2D eigenvalue weighted by molar-refractivity contribution is 0.102. The van der Waals surface area contributed by atoms with Crippen LogP contribution < -0.4 is 19.5 Å². The molecule has 0 heterocycles. The number of hydrogen-bond acceptors (Lipinski definition) is 5. The Balaban J connectivity index is 1.84. The zero-order valence-corrected chi connectivity index (χ0v) is 17.6. The number of anilines is 2. The quantitative estimate of drug-likeness (QED) is 0.594. The fourth-order valence-electron chi connectivity index (χ4n) is 2.80. The monoisotopic (exact) mass is 426 g/mol. The molecule has 0 aliphatic heterocycles. The minimum absolute atomic E-state index is 0.154. The van der Waals surface area contributed by atoms with E-state index >= 15 is 0 Å². The standard InChI is InChI=1S/C22H22N2O5S/c1-15-9-10-16(13-20(15)24-30(26,27)18-7-5-4-6-8-18)23-22(25)19-12-11-17(28-2)14-21(19)29-3/h4-14,24H,1-3H3,(H,23,25). The van der Waals surface area contributed by atoms with Crippen LogP contribution in [0.15, 0.2) is 71.6 Å². The predicted octanol–water partition coefficient (Wildman–Crippen LogP) is 4.07. The molecule has 0 saturated carbocycles. The Hall–Kier alpha value is -3.52. The summed E-state index contributed by atoms with van der Waals surface area (Å²) >= 11 is 0. The van der Waals surface area contributed by atoms with Crippen molar-refractivity contribution >= 4 is 27.3 Å². The summed E-state index contributed by atoms with van der Waals surface area (Å²) in [5.41, 5.74) is 1.85. The predicted molar refractivity (Wildman–Crippen MR) is 116 cm³/mol. The molecule has 0 radical (unpaired) electrons. The zero-order chi connectivity index (χ0) is 21.7. The van der Waals surface area contributed by atoms with Crippen molar-refractivity contribution in [3.63, 3.8) is 0 Å². The molecule has 156 valence electrons. The van der Waals surface area contributed by atoms with Crippen molar-refractivity contribution in [3.8, 4) is 11.5 Å². The van der Waals surface area contributed by atoms with Crippen LogP contribution >= 0.6 is 0 Å². The minimum Gasteiger partial charge on any atom is -0.497 e. The number of sulfonamides is 1. The summed E-state index contributed by atoms with van der Waals surface area (Å²) in [7, 11) is -0.755. The third-order valence-electron chi connectivity index (χ3n) is 4.45. The number of nitrogens with one attached hydrogen (secondary N) is 2.